The second-order valence-corrected chi connectivity index (χ2v) is 6.77. The number of fused-ring (bicyclic) bond motifs is 3. The van der Waals surface area contributed by atoms with Crippen LogP contribution in [-0.4, -0.2) is 43.7 Å². The molecule has 0 bridgehead atoms. The number of nitrogens with two attached hydrogens (primary N) is 1. The van der Waals surface area contributed by atoms with E-state index in [4.69, 9.17) is 5.73 Å². The van der Waals surface area contributed by atoms with Gasteiger partial charge in [-0.25, -0.2) is 14.4 Å². The van der Waals surface area contributed by atoms with Gasteiger partial charge in [0.05, 0.1) is 46.2 Å². The lowest BCUT2D eigenvalue weighted by atomic mass is 10.0. The molecule has 1 saturated heterocycles. The van der Waals surface area contributed by atoms with E-state index in [1.807, 2.05) is 16.4 Å². The Bertz CT molecular complexity index is 1210. The van der Waals surface area contributed by atoms with Crippen LogP contribution in [0.5, 0.6) is 0 Å². The molecule has 1 aliphatic heterocycles. The second-order valence-electron chi connectivity index (χ2n) is 6.77. The SMILES string of the molecule is Cc1nc(N2CC(C(N)=O)C2)ncc1-n1c2ccc(F)cc2c2[nH]ncc21. The predicted octanol–water partition coefficient (Wildman–Crippen LogP) is 1.67. The van der Waals surface area contributed by atoms with Crippen molar-refractivity contribution in [1.82, 2.24) is 24.7 Å². The van der Waals surface area contributed by atoms with Crippen LogP contribution in [0.4, 0.5) is 10.3 Å². The Hall–Kier alpha value is -3.49. The Morgan fingerprint density at radius 2 is 2.11 bits per heavy atom. The largest absolute Gasteiger partial charge is 0.369 e. The molecular weight excluding hydrogens is 349 g/mol. The van der Waals surface area contributed by atoms with Crippen LogP contribution in [0.1, 0.15) is 5.69 Å². The van der Waals surface area contributed by atoms with E-state index in [2.05, 4.69) is 20.2 Å². The number of hydrogen-bond acceptors (Lipinski definition) is 5. The number of rotatable bonds is 3. The molecule has 5 rings (SSSR count). The monoisotopic (exact) mass is 365 g/mol. The van der Waals surface area contributed by atoms with Gasteiger partial charge in [-0.1, -0.05) is 0 Å². The molecule has 0 spiro atoms. The van der Waals surface area contributed by atoms with Crippen LogP contribution < -0.4 is 10.6 Å². The molecular formula is C18H16FN7O. The summed E-state index contributed by atoms with van der Waals surface area (Å²) in [5.74, 6) is -0.184. The first-order chi connectivity index (χ1) is 13.0. The molecule has 4 heterocycles. The van der Waals surface area contributed by atoms with Gasteiger partial charge >= 0.3 is 0 Å². The molecule has 1 amide bonds. The lowest BCUT2D eigenvalue weighted by Crippen LogP contribution is -2.53. The van der Waals surface area contributed by atoms with Gasteiger partial charge in [0.25, 0.3) is 0 Å². The summed E-state index contributed by atoms with van der Waals surface area (Å²) in [5, 5.41) is 7.77. The normalized spacial score (nSPS) is 14.8. The van der Waals surface area contributed by atoms with Crippen molar-refractivity contribution in [3.8, 4) is 5.69 Å². The number of aromatic nitrogens is 5. The number of primary amides is 1. The lowest BCUT2D eigenvalue weighted by molar-refractivity contribution is -0.122. The molecule has 1 aromatic carbocycles. The molecule has 0 atom stereocenters. The number of amides is 1. The Balaban J connectivity index is 1.61. The highest BCUT2D eigenvalue weighted by atomic mass is 19.1. The first kappa shape index (κ1) is 15.7. The second kappa shape index (κ2) is 5.50. The van der Waals surface area contributed by atoms with E-state index < -0.39 is 0 Å². The van der Waals surface area contributed by atoms with Gasteiger partial charge in [-0.05, 0) is 25.1 Å². The van der Waals surface area contributed by atoms with Crippen molar-refractivity contribution in [2.45, 2.75) is 6.92 Å². The standard InChI is InChI=1S/C18H16FN7O/c1-9-14(5-21-18(23-9)25-7-10(8-25)17(20)27)26-13-3-2-11(19)4-12(13)16-15(26)6-22-24-16/h2-6,10H,7-8H2,1H3,(H2,20,27)(H,22,24). The average molecular weight is 365 g/mol. The van der Waals surface area contributed by atoms with Crippen LogP contribution in [0.2, 0.25) is 0 Å². The predicted molar refractivity (Wildman–Crippen MR) is 98.1 cm³/mol. The van der Waals surface area contributed by atoms with E-state index in [0.29, 0.717) is 19.0 Å². The minimum atomic E-state index is -0.304. The Labute approximate surface area is 152 Å². The average Bonchev–Trinajstić information content (AvgIpc) is 3.15. The number of aromatic amines is 1. The van der Waals surface area contributed by atoms with Crippen molar-refractivity contribution >= 4 is 33.8 Å². The highest BCUT2D eigenvalue weighted by molar-refractivity contribution is 6.06. The smallest absolute Gasteiger partial charge is 0.225 e. The molecule has 0 unspecified atom stereocenters. The van der Waals surface area contributed by atoms with Crippen molar-refractivity contribution in [2.75, 3.05) is 18.0 Å². The highest BCUT2D eigenvalue weighted by Gasteiger charge is 2.33. The number of halogens is 1. The summed E-state index contributed by atoms with van der Waals surface area (Å²) in [7, 11) is 0. The number of nitrogens with one attached hydrogen (secondary N) is 1. The van der Waals surface area contributed by atoms with Gasteiger partial charge < -0.3 is 15.2 Å². The van der Waals surface area contributed by atoms with Crippen LogP contribution in [-0.2, 0) is 4.79 Å². The van der Waals surface area contributed by atoms with Gasteiger partial charge in [-0.15, -0.1) is 0 Å². The van der Waals surface area contributed by atoms with E-state index in [-0.39, 0.29) is 17.6 Å². The first-order valence-corrected chi connectivity index (χ1v) is 8.54. The molecule has 136 valence electrons. The molecule has 3 N–H and O–H groups in total. The first-order valence-electron chi connectivity index (χ1n) is 8.54. The number of anilines is 1. The molecule has 4 aromatic rings. The fraction of sp³-hybridized carbons (Fsp3) is 0.222. The number of carbonyl (C=O) groups excluding carboxylic acids is 1. The molecule has 9 heteroatoms. The Kier molecular flexibility index (Phi) is 3.21. The summed E-state index contributed by atoms with van der Waals surface area (Å²) in [6.45, 7) is 2.96. The molecule has 3 aromatic heterocycles. The summed E-state index contributed by atoms with van der Waals surface area (Å²) in [4.78, 5) is 22.2. The molecule has 8 nitrogen and oxygen atoms in total. The quantitative estimate of drug-likeness (QED) is 0.574. The summed E-state index contributed by atoms with van der Waals surface area (Å²) >= 11 is 0. The van der Waals surface area contributed by atoms with E-state index >= 15 is 0 Å². The van der Waals surface area contributed by atoms with Crippen molar-refractivity contribution < 1.29 is 9.18 Å². The van der Waals surface area contributed by atoms with Crippen LogP contribution >= 0.6 is 0 Å². The maximum absolute atomic E-state index is 13.7. The van der Waals surface area contributed by atoms with Gasteiger partial charge in [0.2, 0.25) is 11.9 Å². The molecule has 0 saturated carbocycles. The van der Waals surface area contributed by atoms with Crippen LogP contribution in [0.25, 0.3) is 27.6 Å². The summed E-state index contributed by atoms with van der Waals surface area (Å²) < 4.78 is 15.7. The van der Waals surface area contributed by atoms with E-state index in [1.165, 1.54) is 12.1 Å². The minimum Gasteiger partial charge on any atom is -0.369 e. The van der Waals surface area contributed by atoms with Gasteiger partial charge in [-0.3, -0.25) is 9.89 Å². The summed E-state index contributed by atoms with van der Waals surface area (Å²) in [6.07, 6.45) is 3.44. The number of carbonyl (C=O) groups is 1. The molecule has 1 fully saturated rings. The van der Waals surface area contributed by atoms with Crippen molar-refractivity contribution in [3.63, 3.8) is 0 Å². The van der Waals surface area contributed by atoms with Gasteiger partial charge in [0, 0.05) is 18.5 Å². The molecule has 0 aliphatic carbocycles. The van der Waals surface area contributed by atoms with Crippen LogP contribution in [0.3, 0.4) is 0 Å². The number of nitrogens with zero attached hydrogens (tertiary/aromatic N) is 5. The summed E-state index contributed by atoms with van der Waals surface area (Å²) in [6, 6.07) is 4.65. The van der Waals surface area contributed by atoms with Crippen LogP contribution in [0.15, 0.2) is 30.6 Å². The Morgan fingerprint density at radius 1 is 1.30 bits per heavy atom. The number of aryl methyl sites for hydroxylation is 1. The number of hydrogen-bond donors (Lipinski definition) is 2. The zero-order chi connectivity index (χ0) is 18.7. The fourth-order valence-corrected chi connectivity index (χ4v) is 3.58. The Morgan fingerprint density at radius 3 is 2.85 bits per heavy atom. The molecule has 27 heavy (non-hydrogen) atoms. The third-order valence-electron chi connectivity index (χ3n) is 5.08. The van der Waals surface area contributed by atoms with Crippen LogP contribution in [0, 0.1) is 18.7 Å². The van der Waals surface area contributed by atoms with Crippen molar-refractivity contribution in [1.29, 1.82) is 0 Å². The fourth-order valence-electron chi connectivity index (χ4n) is 3.58. The summed E-state index contributed by atoms with van der Waals surface area (Å²) in [5.41, 5.74) is 9.31. The third-order valence-corrected chi connectivity index (χ3v) is 5.08. The van der Waals surface area contributed by atoms with E-state index in [1.54, 1.807) is 18.5 Å². The zero-order valence-corrected chi connectivity index (χ0v) is 14.5. The topological polar surface area (TPSA) is 106 Å². The van der Waals surface area contributed by atoms with Gasteiger partial charge in [0.15, 0.2) is 0 Å². The maximum Gasteiger partial charge on any atom is 0.225 e. The minimum absolute atomic E-state index is 0.151. The van der Waals surface area contributed by atoms with E-state index in [9.17, 15) is 9.18 Å². The zero-order valence-electron chi connectivity index (χ0n) is 14.5. The highest BCUT2D eigenvalue weighted by Crippen LogP contribution is 2.32. The van der Waals surface area contributed by atoms with Crippen molar-refractivity contribution in [2.24, 2.45) is 11.7 Å². The third kappa shape index (κ3) is 2.28. The molecule has 0 radical (unpaired) electrons. The van der Waals surface area contributed by atoms with E-state index in [0.717, 1.165) is 33.3 Å². The number of H-pyrrole nitrogens is 1. The maximum atomic E-state index is 13.7. The lowest BCUT2D eigenvalue weighted by Gasteiger charge is -2.37. The van der Waals surface area contributed by atoms with Crippen molar-refractivity contribution in [3.05, 3.63) is 42.1 Å². The molecule has 1 aliphatic rings. The number of benzene rings is 1. The van der Waals surface area contributed by atoms with Gasteiger partial charge in [0.1, 0.15) is 5.82 Å². The van der Waals surface area contributed by atoms with Gasteiger partial charge in [-0.2, -0.15) is 5.10 Å².